The third kappa shape index (κ3) is 2.60. The van der Waals surface area contributed by atoms with Crippen LogP contribution >= 0.6 is 0 Å². The van der Waals surface area contributed by atoms with Crippen LogP contribution in [0, 0.1) is 11.3 Å². The monoisotopic (exact) mass is 262 g/mol. The van der Waals surface area contributed by atoms with Crippen molar-refractivity contribution in [2.75, 3.05) is 17.6 Å². The van der Waals surface area contributed by atoms with Gasteiger partial charge in [-0.3, -0.25) is 0 Å². The normalized spacial score (nSPS) is 20.4. The Hall–Kier alpha value is -1.52. The first kappa shape index (κ1) is 12.5. The van der Waals surface area contributed by atoms with Crippen LogP contribution in [0.25, 0.3) is 0 Å². The van der Waals surface area contributed by atoms with E-state index in [-0.39, 0.29) is 6.10 Å². The fourth-order valence-corrected chi connectivity index (χ4v) is 2.68. The maximum Gasteiger partial charge on any atom is 0.242 e. The number of hydrogen-bond donors (Lipinski definition) is 2. The highest BCUT2D eigenvalue weighted by atomic mass is 16.5. The van der Waals surface area contributed by atoms with Crippen LogP contribution in [0.1, 0.15) is 39.5 Å². The minimum absolute atomic E-state index is 0.0614. The van der Waals surface area contributed by atoms with E-state index in [9.17, 15) is 0 Å². The largest absolute Gasteiger partial charge is 0.473 e. The molecule has 19 heavy (non-hydrogen) atoms. The van der Waals surface area contributed by atoms with Gasteiger partial charge in [-0.25, -0.2) is 4.98 Å². The highest BCUT2D eigenvalue weighted by Gasteiger charge is 2.53. The SMILES string of the molecule is CC(C)Oc1ncnc(NCC2(C3CC3)CC2)c1N. The van der Waals surface area contributed by atoms with Crippen molar-refractivity contribution in [3.05, 3.63) is 6.33 Å². The molecular formula is C14H22N4O. The number of hydrogen-bond acceptors (Lipinski definition) is 5. The van der Waals surface area contributed by atoms with E-state index >= 15 is 0 Å². The number of rotatable bonds is 6. The lowest BCUT2D eigenvalue weighted by atomic mass is 10.0. The number of anilines is 2. The summed E-state index contributed by atoms with van der Waals surface area (Å²) in [5.41, 5.74) is 7.10. The molecule has 0 aromatic carbocycles. The molecule has 0 spiro atoms. The minimum atomic E-state index is 0.0614. The number of nitrogens with zero attached hydrogens (tertiary/aromatic N) is 2. The summed E-state index contributed by atoms with van der Waals surface area (Å²) in [6, 6.07) is 0. The molecule has 104 valence electrons. The van der Waals surface area contributed by atoms with Crippen LogP contribution in [0.15, 0.2) is 6.33 Å². The van der Waals surface area contributed by atoms with Crippen molar-refractivity contribution < 1.29 is 4.74 Å². The molecule has 1 aromatic heterocycles. The summed E-state index contributed by atoms with van der Waals surface area (Å²) in [6.07, 6.45) is 7.03. The average Bonchev–Trinajstić information content (AvgIpc) is 3.23. The summed E-state index contributed by atoms with van der Waals surface area (Å²) in [4.78, 5) is 8.32. The van der Waals surface area contributed by atoms with Crippen molar-refractivity contribution in [2.45, 2.75) is 45.6 Å². The first-order valence-corrected chi connectivity index (χ1v) is 7.12. The van der Waals surface area contributed by atoms with Gasteiger partial charge >= 0.3 is 0 Å². The fraction of sp³-hybridized carbons (Fsp3) is 0.714. The van der Waals surface area contributed by atoms with Crippen molar-refractivity contribution in [2.24, 2.45) is 11.3 Å². The number of ether oxygens (including phenoxy) is 1. The van der Waals surface area contributed by atoms with E-state index in [1.165, 1.54) is 32.0 Å². The minimum Gasteiger partial charge on any atom is -0.473 e. The Morgan fingerprint density at radius 1 is 1.42 bits per heavy atom. The van der Waals surface area contributed by atoms with E-state index in [0.29, 0.717) is 22.8 Å². The second kappa shape index (κ2) is 4.54. The zero-order valence-electron chi connectivity index (χ0n) is 11.6. The topological polar surface area (TPSA) is 73.1 Å². The van der Waals surface area contributed by atoms with Crippen molar-refractivity contribution in [3.8, 4) is 5.88 Å². The predicted octanol–water partition coefficient (Wildman–Crippen LogP) is 2.45. The Balaban J connectivity index is 1.67. The Morgan fingerprint density at radius 2 is 2.16 bits per heavy atom. The van der Waals surface area contributed by atoms with Crippen molar-refractivity contribution in [1.82, 2.24) is 9.97 Å². The van der Waals surface area contributed by atoms with Gasteiger partial charge in [-0.15, -0.1) is 0 Å². The van der Waals surface area contributed by atoms with Gasteiger partial charge in [0.2, 0.25) is 5.88 Å². The van der Waals surface area contributed by atoms with Crippen LogP contribution in [0.3, 0.4) is 0 Å². The molecule has 5 nitrogen and oxygen atoms in total. The summed E-state index contributed by atoms with van der Waals surface area (Å²) in [7, 11) is 0. The fourth-order valence-electron chi connectivity index (χ4n) is 2.68. The smallest absolute Gasteiger partial charge is 0.242 e. The Bertz CT molecular complexity index is 467. The van der Waals surface area contributed by atoms with E-state index in [2.05, 4.69) is 15.3 Å². The van der Waals surface area contributed by atoms with Gasteiger partial charge in [0.05, 0.1) is 6.10 Å². The van der Waals surface area contributed by atoms with Gasteiger partial charge in [0.1, 0.15) is 12.0 Å². The molecule has 5 heteroatoms. The molecule has 2 fully saturated rings. The molecule has 2 aliphatic rings. The van der Waals surface area contributed by atoms with Crippen LogP contribution in [0.5, 0.6) is 5.88 Å². The lowest BCUT2D eigenvalue weighted by Gasteiger charge is -2.17. The highest BCUT2D eigenvalue weighted by Crippen LogP contribution is 2.61. The van der Waals surface area contributed by atoms with Gasteiger partial charge in [0, 0.05) is 6.54 Å². The van der Waals surface area contributed by atoms with E-state index in [4.69, 9.17) is 10.5 Å². The van der Waals surface area contributed by atoms with Gasteiger partial charge in [0.25, 0.3) is 0 Å². The van der Waals surface area contributed by atoms with Crippen molar-refractivity contribution in [1.29, 1.82) is 0 Å². The van der Waals surface area contributed by atoms with E-state index in [1.54, 1.807) is 0 Å². The van der Waals surface area contributed by atoms with Gasteiger partial charge < -0.3 is 15.8 Å². The first-order valence-electron chi connectivity index (χ1n) is 7.12. The molecule has 0 saturated heterocycles. The Morgan fingerprint density at radius 3 is 2.74 bits per heavy atom. The molecule has 1 heterocycles. The number of nitrogens with one attached hydrogen (secondary N) is 1. The van der Waals surface area contributed by atoms with E-state index < -0.39 is 0 Å². The summed E-state index contributed by atoms with van der Waals surface area (Å²) >= 11 is 0. The maximum atomic E-state index is 6.06. The average molecular weight is 262 g/mol. The zero-order chi connectivity index (χ0) is 13.5. The second-order valence-electron chi connectivity index (χ2n) is 6.10. The first-order chi connectivity index (χ1) is 9.11. The van der Waals surface area contributed by atoms with Gasteiger partial charge in [-0.1, -0.05) is 0 Å². The quantitative estimate of drug-likeness (QED) is 0.823. The Labute approximate surface area is 114 Å². The van der Waals surface area contributed by atoms with E-state index in [1.807, 2.05) is 13.8 Å². The molecule has 0 atom stereocenters. The summed E-state index contributed by atoms with van der Waals surface area (Å²) < 4.78 is 5.58. The molecular weight excluding hydrogens is 240 g/mol. The zero-order valence-corrected chi connectivity index (χ0v) is 11.6. The van der Waals surface area contributed by atoms with E-state index in [0.717, 1.165) is 12.5 Å². The van der Waals surface area contributed by atoms with Gasteiger partial charge in [-0.2, -0.15) is 4.98 Å². The molecule has 0 radical (unpaired) electrons. The lowest BCUT2D eigenvalue weighted by Crippen LogP contribution is -2.19. The molecule has 0 unspecified atom stereocenters. The molecule has 0 aliphatic heterocycles. The summed E-state index contributed by atoms with van der Waals surface area (Å²) in [5, 5.41) is 3.39. The van der Waals surface area contributed by atoms with Crippen molar-refractivity contribution >= 4 is 11.5 Å². The summed E-state index contributed by atoms with van der Waals surface area (Å²) in [6.45, 7) is 4.89. The Kier molecular flexibility index (Phi) is 2.99. The van der Waals surface area contributed by atoms with Crippen LogP contribution in [0.4, 0.5) is 11.5 Å². The molecule has 3 rings (SSSR count). The number of aromatic nitrogens is 2. The highest BCUT2D eigenvalue weighted by molar-refractivity contribution is 5.66. The summed E-state index contributed by atoms with van der Waals surface area (Å²) in [5.74, 6) is 2.11. The molecule has 0 bridgehead atoms. The molecule has 1 aromatic rings. The molecule has 3 N–H and O–H groups in total. The van der Waals surface area contributed by atoms with Crippen molar-refractivity contribution in [3.63, 3.8) is 0 Å². The number of nitrogens with two attached hydrogens (primary N) is 1. The van der Waals surface area contributed by atoms with Crippen LogP contribution in [-0.4, -0.2) is 22.6 Å². The molecule has 0 amide bonds. The third-order valence-electron chi connectivity index (χ3n) is 4.14. The number of nitrogen functional groups attached to an aromatic ring is 1. The maximum absolute atomic E-state index is 6.06. The molecule has 2 saturated carbocycles. The third-order valence-corrected chi connectivity index (χ3v) is 4.14. The standard InChI is InChI=1S/C14H22N4O/c1-9(2)19-13-11(15)12(17-8-18-13)16-7-14(5-6-14)10-3-4-10/h8-10H,3-7,15H2,1-2H3,(H,16,17,18). The van der Waals surface area contributed by atoms with Crippen LogP contribution < -0.4 is 15.8 Å². The van der Waals surface area contributed by atoms with Crippen LogP contribution in [-0.2, 0) is 0 Å². The van der Waals surface area contributed by atoms with Gasteiger partial charge in [-0.05, 0) is 50.9 Å². The molecule has 2 aliphatic carbocycles. The predicted molar refractivity (Wildman–Crippen MR) is 75.1 cm³/mol. The second-order valence-corrected chi connectivity index (χ2v) is 6.10. The van der Waals surface area contributed by atoms with Crippen LogP contribution in [0.2, 0.25) is 0 Å². The van der Waals surface area contributed by atoms with Gasteiger partial charge in [0.15, 0.2) is 5.82 Å². The lowest BCUT2D eigenvalue weighted by molar-refractivity contribution is 0.234.